The average molecular weight is 297 g/mol. The summed E-state index contributed by atoms with van der Waals surface area (Å²) in [6.45, 7) is 6.02. The molecule has 22 heavy (non-hydrogen) atoms. The minimum absolute atomic E-state index is 0.486. The molecular weight excluding hydrogens is 270 g/mol. The molecule has 0 spiro atoms. The Kier molecular flexibility index (Phi) is 6.98. The predicted molar refractivity (Wildman–Crippen MR) is 93.3 cm³/mol. The van der Waals surface area contributed by atoms with E-state index in [4.69, 9.17) is 4.74 Å². The van der Waals surface area contributed by atoms with Gasteiger partial charge >= 0.3 is 0 Å². The van der Waals surface area contributed by atoms with Crippen molar-refractivity contribution in [2.75, 3.05) is 6.61 Å². The Morgan fingerprint density at radius 3 is 2.50 bits per heavy atom. The van der Waals surface area contributed by atoms with Crippen molar-refractivity contribution in [3.63, 3.8) is 0 Å². The second-order valence-electron chi connectivity index (χ2n) is 5.76. The molecule has 0 aliphatic heterocycles. The molecule has 2 nitrogen and oxygen atoms in total. The van der Waals surface area contributed by atoms with E-state index in [9.17, 15) is 0 Å². The molecule has 0 aromatic heterocycles. The number of para-hydroxylation sites is 1. The van der Waals surface area contributed by atoms with E-state index < -0.39 is 0 Å². The quantitative estimate of drug-likeness (QED) is 0.731. The second-order valence-corrected chi connectivity index (χ2v) is 5.76. The highest BCUT2D eigenvalue weighted by Gasteiger charge is 2.06. The molecule has 0 saturated carbocycles. The van der Waals surface area contributed by atoms with Gasteiger partial charge in [-0.25, -0.2) is 0 Å². The van der Waals surface area contributed by atoms with Crippen LogP contribution in [-0.4, -0.2) is 12.6 Å². The number of hydrogen-bond acceptors (Lipinski definition) is 2. The molecule has 2 aromatic carbocycles. The van der Waals surface area contributed by atoms with Gasteiger partial charge in [-0.3, -0.25) is 0 Å². The standard InChI is InChI=1S/C20H27NO/c1-3-15-22-20-12-8-7-11-19(20)16-21-17(2)13-14-18-9-5-4-6-10-18/h4-12,17,21H,3,13-16H2,1-2H3/t17-/m1/s1. The van der Waals surface area contributed by atoms with Crippen molar-refractivity contribution in [2.24, 2.45) is 0 Å². The Balaban J connectivity index is 1.79. The maximum absolute atomic E-state index is 5.81. The number of rotatable bonds is 9. The number of benzene rings is 2. The van der Waals surface area contributed by atoms with Crippen LogP contribution < -0.4 is 10.1 Å². The molecule has 0 bridgehead atoms. The van der Waals surface area contributed by atoms with Crippen molar-refractivity contribution in [3.8, 4) is 5.75 Å². The van der Waals surface area contributed by atoms with Crippen molar-refractivity contribution >= 4 is 0 Å². The van der Waals surface area contributed by atoms with Gasteiger partial charge in [-0.1, -0.05) is 55.5 Å². The zero-order valence-corrected chi connectivity index (χ0v) is 13.7. The summed E-state index contributed by atoms with van der Waals surface area (Å²) in [6, 6.07) is 19.5. The SMILES string of the molecule is CCCOc1ccccc1CN[C@H](C)CCc1ccccc1. The Hall–Kier alpha value is -1.80. The molecule has 1 atom stereocenters. The first-order chi connectivity index (χ1) is 10.8. The number of hydrogen-bond donors (Lipinski definition) is 1. The fraction of sp³-hybridized carbons (Fsp3) is 0.400. The molecule has 118 valence electrons. The molecule has 0 aliphatic carbocycles. The number of ether oxygens (including phenoxy) is 1. The highest BCUT2D eigenvalue weighted by molar-refractivity contribution is 5.33. The average Bonchev–Trinajstić information content (AvgIpc) is 2.58. The van der Waals surface area contributed by atoms with Crippen LogP contribution in [0, 0.1) is 0 Å². The number of nitrogens with one attached hydrogen (secondary N) is 1. The van der Waals surface area contributed by atoms with E-state index in [1.54, 1.807) is 0 Å². The van der Waals surface area contributed by atoms with Crippen molar-refractivity contribution in [2.45, 2.75) is 45.7 Å². The lowest BCUT2D eigenvalue weighted by molar-refractivity contribution is 0.312. The molecule has 0 aliphatic rings. The lowest BCUT2D eigenvalue weighted by atomic mass is 10.1. The van der Waals surface area contributed by atoms with Crippen LogP contribution in [0.2, 0.25) is 0 Å². The van der Waals surface area contributed by atoms with Gasteiger partial charge in [0.2, 0.25) is 0 Å². The zero-order valence-electron chi connectivity index (χ0n) is 13.7. The monoisotopic (exact) mass is 297 g/mol. The van der Waals surface area contributed by atoms with Crippen LogP contribution in [0.4, 0.5) is 0 Å². The Labute approximate surface area is 134 Å². The molecule has 0 amide bonds. The summed E-state index contributed by atoms with van der Waals surface area (Å²) in [5.41, 5.74) is 2.64. The van der Waals surface area contributed by atoms with Gasteiger partial charge in [-0.15, -0.1) is 0 Å². The molecule has 0 unspecified atom stereocenters. The summed E-state index contributed by atoms with van der Waals surface area (Å²) in [6.07, 6.45) is 3.29. The smallest absolute Gasteiger partial charge is 0.123 e. The number of aryl methyl sites for hydroxylation is 1. The maximum atomic E-state index is 5.81. The fourth-order valence-electron chi connectivity index (χ4n) is 2.42. The Morgan fingerprint density at radius 2 is 1.73 bits per heavy atom. The normalized spacial score (nSPS) is 12.1. The van der Waals surface area contributed by atoms with Gasteiger partial charge in [0.15, 0.2) is 0 Å². The molecule has 0 heterocycles. The summed E-state index contributed by atoms with van der Waals surface area (Å²) < 4.78 is 5.81. The third kappa shape index (κ3) is 5.53. The molecular formula is C20H27NO. The van der Waals surface area contributed by atoms with Gasteiger partial charge in [-0.05, 0) is 37.8 Å². The third-order valence-corrected chi connectivity index (χ3v) is 3.78. The van der Waals surface area contributed by atoms with Crippen molar-refractivity contribution in [1.29, 1.82) is 0 Å². The van der Waals surface area contributed by atoms with Crippen LogP contribution in [0.5, 0.6) is 5.75 Å². The van der Waals surface area contributed by atoms with Gasteiger partial charge in [0.05, 0.1) is 6.61 Å². The van der Waals surface area contributed by atoms with Crippen LogP contribution in [0.3, 0.4) is 0 Å². The molecule has 0 radical (unpaired) electrons. The van der Waals surface area contributed by atoms with E-state index in [-0.39, 0.29) is 0 Å². The highest BCUT2D eigenvalue weighted by Crippen LogP contribution is 2.18. The minimum Gasteiger partial charge on any atom is -0.493 e. The van der Waals surface area contributed by atoms with E-state index in [0.717, 1.165) is 38.2 Å². The van der Waals surface area contributed by atoms with Gasteiger partial charge < -0.3 is 10.1 Å². The first kappa shape index (κ1) is 16.6. The minimum atomic E-state index is 0.486. The van der Waals surface area contributed by atoms with Gasteiger partial charge in [0.25, 0.3) is 0 Å². The third-order valence-electron chi connectivity index (χ3n) is 3.78. The maximum Gasteiger partial charge on any atom is 0.123 e. The van der Waals surface area contributed by atoms with E-state index in [1.807, 2.05) is 6.07 Å². The molecule has 1 N–H and O–H groups in total. The molecule has 0 fully saturated rings. The second kappa shape index (κ2) is 9.26. The summed E-state index contributed by atoms with van der Waals surface area (Å²) in [7, 11) is 0. The molecule has 2 aromatic rings. The Bertz CT molecular complexity index is 538. The first-order valence-corrected chi connectivity index (χ1v) is 8.27. The summed E-state index contributed by atoms with van der Waals surface area (Å²) in [5.74, 6) is 1.01. The predicted octanol–water partition coefficient (Wildman–Crippen LogP) is 4.59. The lowest BCUT2D eigenvalue weighted by Crippen LogP contribution is -2.26. The van der Waals surface area contributed by atoms with E-state index in [0.29, 0.717) is 6.04 Å². The van der Waals surface area contributed by atoms with Gasteiger partial charge in [0.1, 0.15) is 5.75 Å². The van der Waals surface area contributed by atoms with Crippen LogP contribution in [0.25, 0.3) is 0 Å². The van der Waals surface area contributed by atoms with Gasteiger partial charge in [0, 0.05) is 18.2 Å². The van der Waals surface area contributed by atoms with Crippen molar-refractivity contribution < 1.29 is 4.74 Å². The largest absolute Gasteiger partial charge is 0.493 e. The molecule has 2 rings (SSSR count). The Morgan fingerprint density at radius 1 is 1.00 bits per heavy atom. The van der Waals surface area contributed by atoms with E-state index >= 15 is 0 Å². The van der Waals surface area contributed by atoms with Crippen molar-refractivity contribution in [1.82, 2.24) is 5.32 Å². The fourth-order valence-corrected chi connectivity index (χ4v) is 2.42. The highest BCUT2D eigenvalue weighted by atomic mass is 16.5. The first-order valence-electron chi connectivity index (χ1n) is 8.27. The zero-order chi connectivity index (χ0) is 15.6. The van der Waals surface area contributed by atoms with Crippen LogP contribution in [0.15, 0.2) is 54.6 Å². The van der Waals surface area contributed by atoms with Crippen molar-refractivity contribution in [3.05, 3.63) is 65.7 Å². The van der Waals surface area contributed by atoms with Crippen LogP contribution in [-0.2, 0) is 13.0 Å². The summed E-state index contributed by atoms with van der Waals surface area (Å²) >= 11 is 0. The summed E-state index contributed by atoms with van der Waals surface area (Å²) in [4.78, 5) is 0. The van der Waals surface area contributed by atoms with Gasteiger partial charge in [-0.2, -0.15) is 0 Å². The van der Waals surface area contributed by atoms with Crippen LogP contribution >= 0.6 is 0 Å². The topological polar surface area (TPSA) is 21.3 Å². The molecule has 2 heteroatoms. The van der Waals surface area contributed by atoms with Crippen LogP contribution in [0.1, 0.15) is 37.8 Å². The molecule has 0 saturated heterocycles. The lowest BCUT2D eigenvalue weighted by Gasteiger charge is -2.16. The van der Waals surface area contributed by atoms with E-state index in [2.05, 4.69) is 67.7 Å². The summed E-state index contributed by atoms with van der Waals surface area (Å²) in [5, 5.41) is 3.61. The van der Waals surface area contributed by atoms with E-state index in [1.165, 1.54) is 11.1 Å².